The minimum absolute atomic E-state index is 0.0569. The Kier molecular flexibility index (Phi) is 5.95. The Morgan fingerprint density at radius 1 is 1.31 bits per heavy atom. The molecule has 0 fully saturated rings. The maximum Gasteiger partial charge on any atom is 0.434 e. The molecule has 0 aliphatic rings. The maximum absolute atomic E-state index is 12.6. The average Bonchev–Trinajstić information content (AvgIpc) is 2.94. The quantitative estimate of drug-likeness (QED) is 0.760. The summed E-state index contributed by atoms with van der Waals surface area (Å²) in [6.45, 7) is 3.25. The van der Waals surface area contributed by atoms with Crippen molar-refractivity contribution in [1.82, 2.24) is 9.71 Å². The molecule has 0 aliphatic heterocycles. The van der Waals surface area contributed by atoms with Crippen LogP contribution in [0.2, 0.25) is 5.02 Å². The molecule has 2 rings (SSSR count). The second kappa shape index (κ2) is 7.51. The molecule has 12 heteroatoms. The molecule has 0 atom stereocenters. The van der Waals surface area contributed by atoms with Crippen LogP contribution in [0.25, 0.3) is 0 Å². The Hall–Kier alpha value is -1.69. The van der Waals surface area contributed by atoms with Gasteiger partial charge in [-0.25, -0.2) is 18.1 Å². The molecule has 1 heterocycles. The van der Waals surface area contributed by atoms with E-state index in [1.807, 2.05) is 0 Å². The number of carbonyl (C=O) groups is 1. The molecular formula is C14H13ClF3N3O3S2. The van der Waals surface area contributed by atoms with E-state index in [0.717, 1.165) is 11.4 Å². The van der Waals surface area contributed by atoms with E-state index in [1.165, 1.54) is 12.1 Å². The van der Waals surface area contributed by atoms with E-state index in [0.29, 0.717) is 11.3 Å². The summed E-state index contributed by atoms with van der Waals surface area (Å²) < 4.78 is 64.4. The molecule has 0 saturated carbocycles. The molecule has 0 unspecified atom stereocenters. The van der Waals surface area contributed by atoms with Gasteiger partial charge >= 0.3 is 6.18 Å². The van der Waals surface area contributed by atoms with Gasteiger partial charge in [-0.05, 0) is 32.0 Å². The third-order valence-corrected chi connectivity index (χ3v) is 5.64. The van der Waals surface area contributed by atoms with Gasteiger partial charge in [-0.3, -0.25) is 10.1 Å². The van der Waals surface area contributed by atoms with Crippen LogP contribution in [0, 0.1) is 0 Å². The number of sulfonamides is 1. The van der Waals surface area contributed by atoms with Gasteiger partial charge in [-0.15, -0.1) is 11.3 Å². The number of rotatable bonds is 5. The number of halogens is 4. The highest BCUT2D eigenvalue weighted by molar-refractivity contribution is 7.89. The molecule has 0 bridgehead atoms. The minimum atomic E-state index is -4.63. The van der Waals surface area contributed by atoms with Crippen molar-refractivity contribution in [3.63, 3.8) is 0 Å². The van der Waals surface area contributed by atoms with Crippen molar-refractivity contribution in [2.24, 2.45) is 0 Å². The van der Waals surface area contributed by atoms with Crippen LogP contribution in [0.15, 0.2) is 28.5 Å². The second-order valence-corrected chi connectivity index (χ2v) is 8.39. The highest BCUT2D eigenvalue weighted by Crippen LogP contribution is 2.32. The van der Waals surface area contributed by atoms with Crippen LogP contribution in [-0.4, -0.2) is 25.4 Å². The number of alkyl halides is 3. The topological polar surface area (TPSA) is 88.2 Å². The van der Waals surface area contributed by atoms with Crippen LogP contribution in [-0.2, 0) is 16.2 Å². The number of hydrogen-bond donors (Lipinski definition) is 2. The van der Waals surface area contributed by atoms with Crippen molar-refractivity contribution in [2.45, 2.75) is 31.0 Å². The van der Waals surface area contributed by atoms with Gasteiger partial charge in [0.15, 0.2) is 10.8 Å². The molecule has 1 amide bonds. The Bertz CT molecular complexity index is 927. The number of hydrogen-bond acceptors (Lipinski definition) is 5. The van der Waals surface area contributed by atoms with Gasteiger partial charge in [0, 0.05) is 11.4 Å². The van der Waals surface area contributed by atoms with Gasteiger partial charge in [0.05, 0.1) is 15.5 Å². The molecule has 0 spiro atoms. The number of nitrogens with zero attached hydrogens (tertiary/aromatic N) is 1. The minimum Gasteiger partial charge on any atom is -0.298 e. The fraction of sp³-hybridized carbons (Fsp3) is 0.286. The molecule has 2 N–H and O–H groups in total. The van der Waals surface area contributed by atoms with Gasteiger partial charge in [0.2, 0.25) is 10.0 Å². The maximum atomic E-state index is 12.6. The first-order valence-electron chi connectivity index (χ1n) is 7.06. The molecule has 1 aromatic carbocycles. The summed E-state index contributed by atoms with van der Waals surface area (Å²) in [5, 5.41) is 2.59. The predicted octanol–water partition coefficient (Wildman–Crippen LogP) is 3.75. The molecule has 26 heavy (non-hydrogen) atoms. The predicted molar refractivity (Wildman–Crippen MR) is 92.0 cm³/mol. The van der Waals surface area contributed by atoms with E-state index < -0.39 is 27.8 Å². The van der Waals surface area contributed by atoms with E-state index in [2.05, 4.69) is 15.0 Å². The molecule has 0 radical (unpaired) electrons. The van der Waals surface area contributed by atoms with E-state index in [1.54, 1.807) is 13.8 Å². The van der Waals surface area contributed by atoms with E-state index in [4.69, 9.17) is 11.6 Å². The van der Waals surface area contributed by atoms with Crippen LogP contribution in [0.5, 0.6) is 0 Å². The molecule has 1 aromatic heterocycles. The number of anilines is 1. The number of thiazole rings is 1. The molecule has 2 aromatic rings. The lowest BCUT2D eigenvalue weighted by Gasteiger charge is -2.11. The standard InChI is InChI=1S/C14H13ClF3N3O3S2/c1-7(2)21-26(23,24)8-3-4-10(15)9(5-8)12(22)20-13-19-11(6-25-13)14(16,17)18/h3-7,21H,1-2H3,(H,19,20,22). The third-order valence-electron chi connectivity index (χ3n) is 2.90. The zero-order chi connectivity index (χ0) is 19.7. The van der Waals surface area contributed by atoms with E-state index >= 15 is 0 Å². The largest absolute Gasteiger partial charge is 0.434 e. The Morgan fingerprint density at radius 3 is 2.50 bits per heavy atom. The summed E-state index contributed by atoms with van der Waals surface area (Å²) in [6.07, 6.45) is -4.63. The van der Waals surface area contributed by atoms with Gasteiger partial charge in [0.25, 0.3) is 5.91 Å². The van der Waals surface area contributed by atoms with Crippen molar-refractivity contribution < 1.29 is 26.4 Å². The van der Waals surface area contributed by atoms with Crippen LogP contribution in [0.3, 0.4) is 0 Å². The molecule has 6 nitrogen and oxygen atoms in total. The number of aromatic nitrogens is 1. The SMILES string of the molecule is CC(C)NS(=O)(=O)c1ccc(Cl)c(C(=O)Nc2nc(C(F)(F)F)cs2)c1. The Morgan fingerprint density at radius 2 is 1.96 bits per heavy atom. The third kappa shape index (κ3) is 4.93. The van der Waals surface area contributed by atoms with Gasteiger partial charge in [-0.1, -0.05) is 11.6 Å². The Labute approximate surface area is 156 Å². The number of carbonyl (C=O) groups excluding carboxylic acids is 1. The molecule has 0 saturated heterocycles. The van der Waals surface area contributed by atoms with Crippen LogP contribution < -0.4 is 10.0 Å². The van der Waals surface area contributed by atoms with Crippen molar-refractivity contribution in [3.05, 3.63) is 39.9 Å². The highest BCUT2D eigenvalue weighted by atomic mass is 35.5. The van der Waals surface area contributed by atoms with Crippen molar-refractivity contribution in [3.8, 4) is 0 Å². The lowest BCUT2D eigenvalue weighted by atomic mass is 10.2. The van der Waals surface area contributed by atoms with Gasteiger partial charge in [0.1, 0.15) is 0 Å². The fourth-order valence-corrected chi connectivity index (χ4v) is 4.04. The van der Waals surface area contributed by atoms with Crippen molar-refractivity contribution in [1.29, 1.82) is 0 Å². The number of nitrogens with one attached hydrogen (secondary N) is 2. The zero-order valence-electron chi connectivity index (χ0n) is 13.4. The second-order valence-electron chi connectivity index (χ2n) is 5.41. The van der Waals surface area contributed by atoms with E-state index in [9.17, 15) is 26.4 Å². The zero-order valence-corrected chi connectivity index (χ0v) is 15.8. The van der Waals surface area contributed by atoms with Crippen LogP contribution in [0.4, 0.5) is 18.3 Å². The number of benzene rings is 1. The Balaban J connectivity index is 2.29. The summed E-state index contributed by atoms with van der Waals surface area (Å²) in [5.74, 6) is -0.875. The summed E-state index contributed by atoms with van der Waals surface area (Å²) >= 11 is 6.50. The first-order chi connectivity index (χ1) is 11.9. The molecule has 142 valence electrons. The first kappa shape index (κ1) is 20.6. The van der Waals surface area contributed by atoms with E-state index in [-0.39, 0.29) is 26.7 Å². The molecular weight excluding hydrogens is 415 g/mol. The highest BCUT2D eigenvalue weighted by Gasteiger charge is 2.34. The summed E-state index contributed by atoms with van der Waals surface area (Å²) in [6, 6.07) is 3.10. The van der Waals surface area contributed by atoms with Gasteiger partial charge in [-0.2, -0.15) is 13.2 Å². The van der Waals surface area contributed by atoms with Crippen molar-refractivity contribution in [2.75, 3.05) is 5.32 Å². The first-order valence-corrected chi connectivity index (χ1v) is 9.80. The molecule has 0 aliphatic carbocycles. The fourth-order valence-electron chi connectivity index (χ4n) is 1.85. The lowest BCUT2D eigenvalue weighted by molar-refractivity contribution is -0.140. The average molecular weight is 428 g/mol. The monoisotopic (exact) mass is 427 g/mol. The summed E-state index contributed by atoms with van der Waals surface area (Å²) in [7, 11) is -3.87. The van der Waals surface area contributed by atoms with Crippen LogP contribution >= 0.6 is 22.9 Å². The van der Waals surface area contributed by atoms with Gasteiger partial charge < -0.3 is 0 Å². The number of amides is 1. The summed E-state index contributed by atoms with van der Waals surface area (Å²) in [4.78, 5) is 15.3. The van der Waals surface area contributed by atoms with Crippen molar-refractivity contribution >= 4 is 44.0 Å². The lowest BCUT2D eigenvalue weighted by Crippen LogP contribution is -2.30. The smallest absolute Gasteiger partial charge is 0.298 e. The summed E-state index contributed by atoms with van der Waals surface area (Å²) in [5.41, 5.74) is -1.34. The normalized spacial score (nSPS) is 12.4. The van der Waals surface area contributed by atoms with Crippen LogP contribution in [0.1, 0.15) is 29.9 Å².